The summed E-state index contributed by atoms with van der Waals surface area (Å²) in [5, 5.41) is 9.12. The highest BCUT2D eigenvalue weighted by Crippen LogP contribution is 2.26. The fourth-order valence-electron chi connectivity index (χ4n) is 0.843. The normalized spacial score (nSPS) is 11.9. The zero-order chi connectivity index (χ0) is 9.14. The molecule has 0 unspecified atom stereocenters. The number of alkyl halides is 1. The molecule has 1 rings (SSSR count). The van der Waals surface area contributed by atoms with Crippen molar-refractivity contribution < 1.29 is 9.50 Å². The summed E-state index contributed by atoms with van der Waals surface area (Å²) in [4.78, 5) is 0. The molecule has 74 valence electrons. The van der Waals surface area contributed by atoms with Gasteiger partial charge in [-0.2, -0.15) is 0 Å². The van der Waals surface area contributed by atoms with E-state index in [1.165, 1.54) is 6.07 Å². The first-order valence-electron chi connectivity index (χ1n) is 3.45. The Morgan fingerprint density at radius 2 is 2.15 bits per heavy atom. The van der Waals surface area contributed by atoms with Crippen LogP contribution in [0.3, 0.4) is 0 Å². The number of hydrogen-bond donors (Lipinski definition) is 2. The second-order valence-electron chi connectivity index (χ2n) is 2.47. The van der Waals surface area contributed by atoms with Gasteiger partial charge in [-0.1, -0.05) is 6.07 Å². The molecule has 0 fully saturated rings. The van der Waals surface area contributed by atoms with Crippen LogP contribution >= 0.6 is 28.3 Å². The highest BCUT2D eigenvalue weighted by Gasteiger charge is 2.06. The lowest BCUT2D eigenvalue weighted by Crippen LogP contribution is -2.11. The molecule has 0 aliphatic rings. The van der Waals surface area contributed by atoms with Crippen LogP contribution in [-0.2, 0) is 0 Å². The molecule has 1 aromatic rings. The van der Waals surface area contributed by atoms with Gasteiger partial charge in [0, 0.05) is 0 Å². The number of phenols is 1. The summed E-state index contributed by atoms with van der Waals surface area (Å²) in [6.45, 7) is -0.600. The summed E-state index contributed by atoms with van der Waals surface area (Å²) in [5.74, 6) is 0.129. The molecule has 0 radical (unpaired) electrons. The van der Waals surface area contributed by atoms with Crippen molar-refractivity contribution >= 4 is 28.3 Å². The Bertz CT molecular complexity index is 285. The van der Waals surface area contributed by atoms with Crippen LogP contribution in [0.5, 0.6) is 5.75 Å². The lowest BCUT2D eigenvalue weighted by molar-refractivity contribution is 0.435. The minimum absolute atomic E-state index is 0. The van der Waals surface area contributed by atoms with Crippen molar-refractivity contribution in [3.05, 3.63) is 28.2 Å². The highest BCUT2D eigenvalue weighted by atomic mass is 79.9. The molecule has 0 saturated carbocycles. The van der Waals surface area contributed by atoms with Gasteiger partial charge in [0.1, 0.15) is 12.4 Å². The standard InChI is InChI=1S/C8H9BrFNO.ClH/c9-6-3-5(7(11)4-10)1-2-8(6)12;/h1-3,7,12H,4,11H2;1H/t7-;/m1./s1. The largest absolute Gasteiger partial charge is 0.507 e. The van der Waals surface area contributed by atoms with Gasteiger partial charge >= 0.3 is 0 Å². The van der Waals surface area contributed by atoms with Crippen LogP contribution in [0.4, 0.5) is 4.39 Å². The summed E-state index contributed by atoms with van der Waals surface area (Å²) in [5.41, 5.74) is 6.10. The lowest BCUT2D eigenvalue weighted by Gasteiger charge is -2.07. The van der Waals surface area contributed by atoms with E-state index in [9.17, 15) is 4.39 Å². The highest BCUT2D eigenvalue weighted by molar-refractivity contribution is 9.10. The molecule has 1 aromatic carbocycles. The van der Waals surface area contributed by atoms with Gasteiger partial charge in [0.05, 0.1) is 10.5 Å². The molecule has 0 aliphatic heterocycles. The van der Waals surface area contributed by atoms with Gasteiger partial charge in [-0.3, -0.25) is 0 Å². The second kappa shape index (κ2) is 5.42. The minimum Gasteiger partial charge on any atom is -0.507 e. The molecule has 2 nitrogen and oxygen atoms in total. The Balaban J connectivity index is 0.00000144. The van der Waals surface area contributed by atoms with Gasteiger partial charge in [0.2, 0.25) is 0 Å². The maximum atomic E-state index is 12.1. The summed E-state index contributed by atoms with van der Waals surface area (Å²) >= 11 is 3.12. The first kappa shape index (κ1) is 12.7. The molecule has 0 heterocycles. The fraction of sp³-hybridized carbons (Fsp3) is 0.250. The number of aromatic hydroxyl groups is 1. The molecule has 0 aliphatic carbocycles. The van der Waals surface area contributed by atoms with E-state index in [0.717, 1.165) is 0 Å². The SMILES string of the molecule is Cl.N[C@H](CF)c1ccc(O)c(Br)c1. The van der Waals surface area contributed by atoms with Crippen molar-refractivity contribution in [2.45, 2.75) is 6.04 Å². The van der Waals surface area contributed by atoms with E-state index in [1.54, 1.807) is 12.1 Å². The van der Waals surface area contributed by atoms with Crippen LogP contribution in [0.15, 0.2) is 22.7 Å². The van der Waals surface area contributed by atoms with E-state index in [1.807, 2.05) is 0 Å². The average Bonchev–Trinajstić information content (AvgIpc) is 2.08. The molecule has 0 saturated heterocycles. The van der Waals surface area contributed by atoms with Crippen LogP contribution < -0.4 is 5.73 Å². The predicted molar refractivity (Wildman–Crippen MR) is 56.0 cm³/mol. The molecule has 0 bridgehead atoms. The maximum Gasteiger partial charge on any atom is 0.129 e. The molecule has 0 amide bonds. The molecule has 0 spiro atoms. The maximum absolute atomic E-state index is 12.1. The van der Waals surface area contributed by atoms with Gasteiger partial charge in [-0.25, -0.2) is 4.39 Å². The Morgan fingerprint density at radius 1 is 1.54 bits per heavy atom. The lowest BCUT2D eigenvalue weighted by atomic mass is 10.1. The van der Waals surface area contributed by atoms with Crippen molar-refractivity contribution in [2.75, 3.05) is 6.67 Å². The fourth-order valence-corrected chi connectivity index (χ4v) is 1.24. The Labute approximate surface area is 90.5 Å². The molecule has 13 heavy (non-hydrogen) atoms. The molecule has 1 atom stereocenters. The minimum atomic E-state index is -0.609. The van der Waals surface area contributed by atoms with Gasteiger partial charge in [0.25, 0.3) is 0 Å². The second-order valence-corrected chi connectivity index (χ2v) is 3.33. The van der Waals surface area contributed by atoms with Crippen LogP contribution in [0.25, 0.3) is 0 Å². The molecule has 0 aromatic heterocycles. The molecule has 5 heteroatoms. The van der Waals surface area contributed by atoms with E-state index in [4.69, 9.17) is 10.8 Å². The van der Waals surface area contributed by atoms with Gasteiger partial charge < -0.3 is 10.8 Å². The summed E-state index contributed by atoms with van der Waals surface area (Å²) < 4.78 is 12.6. The summed E-state index contributed by atoms with van der Waals surface area (Å²) in [7, 11) is 0. The van der Waals surface area contributed by atoms with Crippen molar-refractivity contribution in [3.63, 3.8) is 0 Å². The van der Waals surface area contributed by atoms with E-state index >= 15 is 0 Å². The van der Waals surface area contributed by atoms with Crippen LogP contribution in [0.2, 0.25) is 0 Å². The first-order chi connectivity index (χ1) is 5.65. The van der Waals surface area contributed by atoms with Gasteiger partial charge in [0.15, 0.2) is 0 Å². The summed E-state index contributed by atoms with van der Waals surface area (Å²) in [6.07, 6.45) is 0. The van der Waals surface area contributed by atoms with Crippen molar-refractivity contribution in [3.8, 4) is 5.75 Å². The van der Waals surface area contributed by atoms with E-state index in [2.05, 4.69) is 15.9 Å². The zero-order valence-corrected chi connectivity index (χ0v) is 9.11. The molecular weight excluding hydrogens is 260 g/mol. The number of nitrogens with two attached hydrogens (primary N) is 1. The quantitative estimate of drug-likeness (QED) is 0.867. The number of benzene rings is 1. The third kappa shape index (κ3) is 3.14. The van der Waals surface area contributed by atoms with E-state index < -0.39 is 12.7 Å². The van der Waals surface area contributed by atoms with E-state index in [-0.39, 0.29) is 18.2 Å². The van der Waals surface area contributed by atoms with Gasteiger partial charge in [-0.15, -0.1) is 12.4 Å². The first-order valence-corrected chi connectivity index (χ1v) is 4.24. The van der Waals surface area contributed by atoms with Crippen molar-refractivity contribution in [1.82, 2.24) is 0 Å². The topological polar surface area (TPSA) is 46.2 Å². The Hall–Kier alpha value is -0.320. The van der Waals surface area contributed by atoms with Crippen molar-refractivity contribution in [2.24, 2.45) is 5.73 Å². The number of hydrogen-bond acceptors (Lipinski definition) is 2. The molecule has 3 N–H and O–H groups in total. The smallest absolute Gasteiger partial charge is 0.129 e. The van der Waals surface area contributed by atoms with Crippen LogP contribution in [0.1, 0.15) is 11.6 Å². The van der Waals surface area contributed by atoms with Crippen molar-refractivity contribution in [1.29, 1.82) is 0 Å². The number of rotatable bonds is 2. The predicted octanol–water partition coefficient (Wildman–Crippen LogP) is 2.55. The van der Waals surface area contributed by atoms with E-state index in [0.29, 0.717) is 10.0 Å². The third-order valence-electron chi connectivity index (χ3n) is 1.57. The van der Waals surface area contributed by atoms with Crippen LogP contribution in [-0.4, -0.2) is 11.8 Å². The molecular formula is C8H10BrClFNO. The number of halogens is 3. The zero-order valence-electron chi connectivity index (χ0n) is 6.71. The Morgan fingerprint density at radius 3 is 2.62 bits per heavy atom. The monoisotopic (exact) mass is 269 g/mol. The Kier molecular flexibility index (Phi) is 5.29. The number of phenolic OH excluding ortho intramolecular Hbond substituents is 1. The van der Waals surface area contributed by atoms with Crippen LogP contribution in [0, 0.1) is 0 Å². The third-order valence-corrected chi connectivity index (χ3v) is 2.20. The average molecular weight is 271 g/mol. The van der Waals surface area contributed by atoms with Gasteiger partial charge in [-0.05, 0) is 33.6 Å². The summed E-state index contributed by atoms with van der Waals surface area (Å²) in [6, 6.07) is 4.08.